The van der Waals surface area contributed by atoms with E-state index in [4.69, 9.17) is 9.47 Å². The lowest BCUT2D eigenvalue weighted by Gasteiger charge is -2.23. The van der Waals surface area contributed by atoms with E-state index in [1.165, 1.54) is 116 Å². The zero-order chi connectivity index (χ0) is 38.9. The van der Waals surface area contributed by atoms with Crippen LogP contribution in [-0.4, -0.2) is 74.6 Å². The molecule has 0 aliphatic carbocycles. The van der Waals surface area contributed by atoms with E-state index in [-0.39, 0.29) is 31.1 Å². The Morgan fingerprint density at radius 1 is 0.415 bits per heavy atom. The highest BCUT2D eigenvalue weighted by Gasteiger charge is 2.15. The van der Waals surface area contributed by atoms with E-state index in [1.54, 1.807) is 4.90 Å². The molecule has 0 heterocycles. The van der Waals surface area contributed by atoms with Crippen LogP contribution >= 0.6 is 0 Å². The maximum absolute atomic E-state index is 13.0. The Bertz CT molecular complexity index is 829. The number of carbonyl (C=O) groups excluding carboxylic acids is 3. The van der Waals surface area contributed by atoms with Crippen LogP contribution < -0.4 is 0 Å². The van der Waals surface area contributed by atoms with Crippen molar-refractivity contribution in [3.8, 4) is 0 Å². The Kier molecular flexibility index (Phi) is 39.4. The van der Waals surface area contributed by atoms with E-state index < -0.39 is 0 Å². The van der Waals surface area contributed by atoms with Crippen LogP contribution in [0.15, 0.2) is 24.3 Å². The van der Waals surface area contributed by atoms with Gasteiger partial charge in [-0.1, -0.05) is 141 Å². The molecule has 0 aromatic carbocycles. The van der Waals surface area contributed by atoms with Crippen molar-refractivity contribution >= 4 is 17.8 Å². The lowest BCUT2D eigenvalue weighted by Crippen LogP contribution is -2.37. The van der Waals surface area contributed by atoms with E-state index in [2.05, 4.69) is 43.1 Å². The summed E-state index contributed by atoms with van der Waals surface area (Å²) in [6.07, 6.45) is 43.2. The molecule has 1 amide bonds. The first-order valence-electron chi connectivity index (χ1n) is 22.4. The van der Waals surface area contributed by atoms with Gasteiger partial charge in [0, 0.05) is 19.3 Å². The molecule has 0 saturated heterocycles. The van der Waals surface area contributed by atoms with Gasteiger partial charge in [0.1, 0.15) is 13.2 Å². The third-order valence-electron chi connectivity index (χ3n) is 9.88. The molecule has 7 heteroatoms. The van der Waals surface area contributed by atoms with Crippen molar-refractivity contribution < 1.29 is 23.9 Å². The number of amides is 1. The molecule has 310 valence electrons. The summed E-state index contributed by atoms with van der Waals surface area (Å²) in [4.78, 5) is 41.4. The Balaban J connectivity index is 4.06. The van der Waals surface area contributed by atoms with Crippen LogP contribution in [0.2, 0.25) is 0 Å². The summed E-state index contributed by atoms with van der Waals surface area (Å²) in [6, 6.07) is 0. The minimum absolute atomic E-state index is 0.00783. The van der Waals surface area contributed by atoms with Crippen LogP contribution in [-0.2, 0) is 23.9 Å². The molecular weight excluding hydrogens is 661 g/mol. The number of carbonyl (C=O) groups is 3. The summed E-state index contributed by atoms with van der Waals surface area (Å²) in [7, 11) is 3.99. The molecule has 0 aliphatic heterocycles. The summed E-state index contributed by atoms with van der Waals surface area (Å²) in [6.45, 7) is 6.35. The maximum atomic E-state index is 13.0. The molecule has 0 saturated carbocycles. The first-order chi connectivity index (χ1) is 25.9. The van der Waals surface area contributed by atoms with Crippen molar-refractivity contribution in [1.82, 2.24) is 9.80 Å². The average Bonchev–Trinajstić information content (AvgIpc) is 3.14. The average molecular weight is 747 g/mol. The van der Waals surface area contributed by atoms with Gasteiger partial charge >= 0.3 is 11.9 Å². The maximum Gasteiger partial charge on any atom is 0.305 e. The van der Waals surface area contributed by atoms with Gasteiger partial charge in [0.2, 0.25) is 5.91 Å². The minimum Gasteiger partial charge on any atom is -0.464 e. The molecule has 0 radical (unpaired) electrons. The normalized spacial score (nSPS) is 11.6. The Hall–Kier alpha value is -2.15. The van der Waals surface area contributed by atoms with Crippen LogP contribution in [0.1, 0.15) is 206 Å². The lowest BCUT2D eigenvalue weighted by molar-refractivity contribution is -0.147. The molecule has 0 fully saturated rings. The predicted molar refractivity (Wildman–Crippen MR) is 225 cm³/mol. The summed E-state index contributed by atoms with van der Waals surface area (Å²) < 4.78 is 11.0. The predicted octanol–water partition coefficient (Wildman–Crippen LogP) is 12.3. The molecule has 0 spiro atoms. The van der Waals surface area contributed by atoms with Gasteiger partial charge in [-0.25, -0.2) is 0 Å². The van der Waals surface area contributed by atoms with Crippen LogP contribution in [0.4, 0.5) is 0 Å². The molecule has 0 unspecified atom stereocenters. The van der Waals surface area contributed by atoms with Gasteiger partial charge < -0.3 is 19.3 Å². The number of esters is 2. The topological polar surface area (TPSA) is 76.1 Å². The van der Waals surface area contributed by atoms with Gasteiger partial charge in [0.05, 0.1) is 13.1 Å². The van der Waals surface area contributed by atoms with E-state index in [1.807, 2.05) is 14.1 Å². The SMILES string of the molecule is CCCCCCCC/C=C\CCCCCCCC(=O)OCCN(CCOC(=O)CCCCCCC/C=C\CCCCCCCC)C(=O)CCCN(C)C. The molecule has 7 nitrogen and oxygen atoms in total. The number of unbranched alkanes of at least 4 members (excludes halogenated alkanes) is 22. The van der Waals surface area contributed by atoms with E-state index >= 15 is 0 Å². The summed E-state index contributed by atoms with van der Waals surface area (Å²) in [5.41, 5.74) is 0. The summed E-state index contributed by atoms with van der Waals surface area (Å²) in [5, 5.41) is 0. The van der Waals surface area contributed by atoms with Gasteiger partial charge in [0.25, 0.3) is 0 Å². The van der Waals surface area contributed by atoms with Gasteiger partial charge in [-0.05, 0) is 91.3 Å². The molecule has 0 bridgehead atoms. The fourth-order valence-corrected chi connectivity index (χ4v) is 6.43. The third-order valence-corrected chi connectivity index (χ3v) is 9.88. The van der Waals surface area contributed by atoms with E-state index in [0.717, 1.165) is 64.3 Å². The zero-order valence-corrected chi connectivity index (χ0v) is 35.5. The zero-order valence-electron chi connectivity index (χ0n) is 35.5. The summed E-state index contributed by atoms with van der Waals surface area (Å²) in [5.74, 6) is -0.392. The molecule has 0 aromatic heterocycles. The first-order valence-corrected chi connectivity index (χ1v) is 22.4. The number of hydrogen-bond acceptors (Lipinski definition) is 6. The van der Waals surface area contributed by atoms with Crippen molar-refractivity contribution in [3.05, 3.63) is 24.3 Å². The van der Waals surface area contributed by atoms with Crippen molar-refractivity contribution in [2.75, 3.05) is 46.9 Å². The van der Waals surface area contributed by atoms with Crippen molar-refractivity contribution in [2.24, 2.45) is 0 Å². The van der Waals surface area contributed by atoms with Crippen LogP contribution in [0.25, 0.3) is 0 Å². The molecule has 0 aromatic rings. The number of hydrogen-bond donors (Lipinski definition) is 0. The highest BCUT2D eigenvalue weighted by molar-refractivity contribution is 5.76. The van der Waals surface area contributed by atoms with Crippen molar-refractivity contribution in [2.45, 2.75) is 206 Å². The van der Waals surface area contributed by atoms with Gasteiger partial charge in [-0.2, -0.15) is 0 Å². The Morgan fingerprint density at radius 3 is 1.11 bits per heavy atom. The molecule has 53 heavy (non-hydrogen) atoms. The lowest BCUT2D eigenvalue weighted by atomic mass is 10.1. The number of allylic oxidation sites excluding steroid dienone is 4. The second-order valence-corrected chi connectivity index (χ2v) is 15.4. The highest BCUT2D eigenvalue weighted by atomic mass is 16.5. The minimum atomic E-state index is -0.200. The smallest absolute Gasteiger partial charge is 0.305 e. The third kappa shape index (κ3) is 39.4. The second-order valence-electron chi connectivity index (χ2n) is 15.4. The molecule has 0 rings (SSSR count). The Morgan fingerprint density at radius 2 is 0.755 bits per heavy atom. The largest absolute Gasteiger partial charge is 0.464 e. The molecule has 0 atom stereocenters. The van der Waals surface area contributed by atoms with Crippen LogP contribution in [0, 0.1) is 0 Å². The quantitative estimate of drug-likeness (QED) is 0.0353. The number of rotatable bonds is 40. The fourth-order valence-electron chi connectivity index (χ4n) is 6.43. The Labute approximate surface area is 328 Å². The first kappa shape index (κ1) is 50.9. The van der Waals surface area contributed by atoms with Gasteiger partial charge in [0.15, 0.2) is 0 Å². The van der Waals surface area contributed by atoms with Gasteiger partial charge in [-0.3, -0.25) is 14.4 Å². The number of ether oxygens (including phenoxy) is 2. The molecule has 0 aliphatic rings. The van der Waals surface area contributed by atoms with E-state index in [9.17, 15) is 14.4 Å². The van der Waals surface area contributed by atoms with Gasteiger partial charge in [-0.15, -0.1) is 0 Å². The molecular formula is C46H86N2O5. The monoisotopic (exact) mass is 747 g/mol. The van der Waals surface area contributed by atoms with E-state index in [0.29, 0.717) is 32.4 Å². The number of nitrogens with zero attached hydrogens (tertiary/aromatic N) is 2. The van der Waals surface area contributed by atoms with Crippen molar-refractivity contribution in [1.29, 1.82) is 0 Å². The van der Waals surface area contributed by atoms with Crippen LogP contribution in [0.5, 0.6) is 0 Å². The van der Waals surface area contributed by atoms with Crippen LogP contribution in [0.3, 0.4) is 0 Å². The molecule has 0 N–H and O–H groups in total. The van der Waals surface area contributed by atoms with Crippen molar-refractivity contribution in [3.63, 3.8) is 0 Å². The highest BCUT2D eigenvalue weighted by Crippen LogP contribution is 2.12. The fraction of sp³-hybridized carbons (Fsp3) is 0.848. The summed E-state index contributed by atoms with van der Waals surface area (Å²) >= 11 is 0. The standard InChI is InChI=1S/C46H86N2O5/c1-5-7-9-11-13-15-17-19-21-23-25-27-29-31-33-37-45(50)52-42-40-48(44(49)36-35-39-47(3)4)41-43-53-46(51)38-34-32-30-28-26-24-22-20-18-16-14-12-10-8-6-2/h19-22H,5-18,23-43H2,1-4H3/b21-19-,22-20-. The second kappa shape index (κ2) is 41.0.